The molecule has 1 aliphatic rings. The summed E-state index contributed by atoms with van der Waals surface area (Å²) in [7, 11) is 0. The van der Waals surface area contributed by atoms with Gasteiger partial charge in [0.15, 0.2) is 12.4 Å². The second-order valence-electron chi connectivity index (χ2n) is 7.56. The number of benzene rings is 1. The zero-order valence-electron chi connectivity index (χ0n) is 18.1. The third-order valence-electron chi connectivity index (χ3n) is 5.48. The van der Waals surface area contributed by atoms with Crippen LogP contribution in [-0.4, -0.2) is 44.4 Å². The number of halogens is 1. The van der Waals surface area contributed by atoms with Crippen LogP contribution in [0.1, 0.15) is 30.5 Å². The van der Waals surface area contributed by atoms with E-state index in [1.165, 1.54) is 11.0 Å². The monoisotopic (exact) mass is 467 g/mol. The Morgan fingerprint density at radius 3 is 2.67 bits per heavy atom. The lowest BCUT2D eigenvalue weighted by Gasteiger charge is -2.25. The molecule has 1 atom stereocenters. The van der Waals surface area contributed by atoms with Gasteiger partial charge in [-0.2, -0.15) is 0 Å². The zero-order chi connectivity index (χ0) is 23.4. The van der Waals surface area contributed by atoms with Gasteiger partial charge >= 0.3 is 0 Å². The summed E-state index contributed by atoms with van der Waals surface area (Å²) in [4.78, 5) is 34.5. The fourth-order valence-corrected chi connectivity index (χ4v) is 4.19. The van der Waals surface area contributed by atoms with Crippen molar-refractivity contribution in [3.63, 3.8) is 0 Å². The SMILES string of the molecule is CCOc1ccc(C(O)=C2C(=O)C(=O)N(CCCn3ccnc3)C2c2cc[nH+]cc2)cc1Cl. The number of amides is 1. The maximum absolute atomic E-state index is 13.1. The van der Waals surface area contributed by atoms with Gasteiger partial charge in [0, 0.05) is 43.2 Å². The van der Waals surface area contributed by atoms with Crippen LogP contribution < -0.4 is 9.72 Å². The fraction of sp³-hybridized carbons (Fsp3) is 0.250. The van der Waals surface area contributed by atoms with Crippen LogP contribution in [0, 0.1) is 0 Å². The summed E-state index contributed by atoms with van der Waals surface area (Å²) in [5, 5.41) is 11.4. The average molecular weight is 468 g/mol. The summed E-state index contributed by atoms with van der Waals surface area (Å²) in [6.07, 6.45) is 9.29. The molecule has 0 saturated carbocycles. The average Bonchev–Trinajstić information content (AvgIpc) is 3.43. The third-order valence-corrected chi connectivity index (χ3v) is 5.77. The number of carbonyl (C=O) groups is 2. The summed E-state index contributed by atoms with van der Waals surface area (Å²) >= 11 is 6.29. The first kappa shape index (κ1) is 22.5. The Labute approximate surface area is 196 Å². The predicted molar refractivity (Wildman–Crippen MR) is 121 cm³/mol. The third kappa shape index (κ3) is 4.61. The van der Waals surface area contributed by atoms with Crippen LogP contribution in [0.5, 0.6) is 5.75 Å². The standard InChI is InChI=1S/C24H23ClN4O4/c1-2-33-19-5-4-17(14-18(19)25)22(30)20-21(16-6-8-26-9-7-16)29(24(32)23(20)31)12-3-11-28-13-10-27-15-28/h4-10,13-15,21,30H,2-3,11-12H2,1H3/p+1. The first-order chi connectivity index (χ1) is 16.0. The van der Waals surface area contributed by atoms with Gasteiger partial charge in [-0.05, 0) is 37.1 Å². The molecular weight excluding hydrogens is 444 g/mol. The molecule has 1 amide bonds. The van der Waals surface area contributed by atoms with Gasteiger partial charge in [0.25, 0.3) is 11.7 Å². The molecule has 3 aromatic rings. The number of ether oxygens (including phenoxy) is 1. The van der Waals surface area contributed by atoms with Gasteiger partial charge in [0.05, 0.1) is 29.6 Å². The molecule has 9 heteroatoms. The molecule has 1 aromatic carbocycles. The number of nitrogens with zero attached hydrogens (tertiary/aromatic N) is 3. The molecule has 33 heavy (non-hydrogen) atoms. The number of nitrogens with one attached hydrogen (secondary N) is 1. The van der Waals surface area contributed by atoms with Crippen LogP contribution in [0.3, 0.4) is 0 Å². The van der Waals surface area contributed by atoms with Crippen LogP contribution in [0.15, 0.2) is 67.0 Å². The minimum absolute atomic E-state index is 0.0362. The number of Topliss-reactive ketones (excluding diaryl/α,β-unsaturated/α-hetero) is 1. The molecule has 0 aliphatic carbocycles. The molecule has 0 radical (unpaired) electrons. The van der Waals surface area contributed by atoms with Crippen molar-refractivity contribution in [2.24, 2.45) is 0 Å². The first-order valence-corrected chi connectivity index (χ1v) is 11.0. The van der Waals surface area contributed by atoms with E-state index in [-0.39, 0.29) is 11.3 Å². The summed E-state index contributed by atoms with van der Waals surface area (Å²) in [5.41, 5.74) is 1.09. The van der Waals surface area contributed by atoms with Crippen molar-refractivity contribution in [2.75, 3.05) is 13.2 Å². The van der Waals surface area contributed by atoms with Crippen LogP contribution in [0.25, 0.3) is 5.76 Å². The molecule has 170 valence electrons. The minimum atomic E-state index is -0.724. The van der Waals surface area contributed by atoms with Crippen LogP contribution >= 0.6 is 11.6 Å². The van der Waals surface area contributed by atoms with Crippen LogP contribution in [0.2, 0.25) is 5.02 Å². The minimum Gasteiger partial charge on any atom is -0.507 e. The van der Waals surface area contributed by atoms with Gasteiger partial charge in [-0.1, -0.05) is 11.6 Å². The first-order valence-electron chi connectivity index (χ1n) is 10.6. The molecule has 2 aromatic heterocycles. The van der Waals surface area contributed by atoms with Crippen molar-refractivity contribution >= 4 is 29.1 Å². The number of hydrogen-bond acceptors (Lipinski definition) is 5. The Balaban J connectivity index is 1.71. The lowest BCUT2D eigenvalue weighted by Crippen LogP contribution is -2.31. The van der Waals surface area contributed by atoms with Gasteiger partial charge in [0.1, 0.15) is 11.5 Å². The molecule has 0 spiro atoms. The maximum Gasteiger partial charge on any atom is 0.295 e. The Kier molecular flexibility index (Phi) is 6.74. The van der Waals surface area contributed by atoms with E-state index >= 15 is 0 Å². The number of ketones is 1. The van der Waals surface area contributed by atoms with Crippen molar-refractivity contribution in [1.82, 2.24) is 14.5 Å². The Hall–Kier alpha value is -3.65. The van der Waals surface area contributed by atoms with Crippen molar-refractivity contribution in [3.8, 4) is 5.75 Å². The normalized spacial score (nSPS) is 17.5. The highest BCUT2D eigenvalue weighted by atomic mass is 35.5. The molecule has 1 saturated heterocycles. The molecule has 4 rings (SSSR count). The van der Waals surface area contributed by atoms with Crippen molar-refractivity contribution in [3.05, 3.63) is 83.2 Å². The number of imidazole rings is 1. The quantitative estimate of drug-likeness (QED) is 0.311. The summed E-state index contributed by atoms with van der Waals surface area (Å²) < 4.78 is 7.36. The number of aliphatic hydroxyl groups excluding tert-OH is 1. The van der Waals surface area contributed by atoms with E-state index in [0.29, 0.717) is 48.0 Å². The molecule has 1 aliphatic heterocycles. The van der Waals surface area contributed by atoms with Crippen molar-refractivity contribution < 1.29 is 24.4 Å². The van der Waals surface area contributed by atoms with E-state index in [1.54, 1.807) is 49.2 Å². The van der Waals surface area contributed by atoms with Gasteiger partial charge in [-0.25, -0.2) is 9.97 Å². The largest absolute Gasteiger partial charge is 0.507 e. The second kappa shape index (κ2) is 9.87. The lowest BCUT2D eigenvalue weighted by molar-refractivity contribution is -0.378. The molecule has 1 fully saturated rings. The molecule has 8 nitrogen and oxygen atoms in total. The highest BCUT2D eigenvalue weighted by molar-refractivity contribution is 6.46. The van der Waals surface area contributed by atoms with E-state index in [2.05, 4.69) is 9.97 Å². The second-order valence-corrected chi connectivity index (χ2v) is 7.97. The Morgan fingerprint density at radius 2 is 2.00 bits per heavy atom. The van der Waals surface area contributed by atoms with E-state index in [9.17, 15) is 14.7 Å². The summed E-state index contributed by atoms with van der Waals surface area (Å²) in [6, 6.07) is 7.65. The van der Waals surface area contributed by atoms with E-state index < -0.39 is 17.7 Å². The number of aromatic nitrogens is 3. The predicted octanol–water partition coefficient (Wildman–Crippen LogP) is 3.26. The fourth-order valence-electron chi connectivity index (χ4n) is 3.96. The molecule has 2 N–H and O–H groups in total. The number of carbonyl (C=O) groups excluding carboxylic acids is 2. The van der Waals surface area contributed by atoms with E-state index in [4.69, 9.17) is 16.3 Å². The number of pyridine rings is 1. The lowest BCUT2D eigenvalue weighted by atomic mass is 9.96. The Morgan fingerprint density at radius 1 is 1.21 bits per heavy atom. The number of H-pyrrole nitrogens is 1. The molecule has 0 bridgehead atoms. The van der Waals surface area contributed by atoms with E-state index in [0.717, 1.165) is 0 Å². The van der Waals surface area contributed by atoms with Gasteiger partial charge in [-0.15, -0.1) is 0 Å². The summed E-state index contributed by atoms with van der Waals surface area (Å²) in [5.74, 6) is -1.16. The molecule has 3 heterocycles. The van der Waals surface area contributed by atoms with Gasteiger partial charge < -0.3 is 19.3 Å². The molecule has 1 unspecified atom stereocenters. The highest BCUT2D eigenvalue weighted by Crippen LogP contribution is 2.40. The van der Waals surface area contributed by atoms with Crippen LogP contribution in [-0.2, 0) is 16.1 Å². The van der Waals surface area contributed by atoms with Gasteiger partial charge in [-0.3, -0.25) is 9.59 Å². The van der Waals surface area contributed by atoms with E-state index in [1.807, 2.05) is 17.7 Å². The maximum atomic E-state index is 13.1. The smallest absolute Gasteiger partial charge is 0.295 e. The Bertz CT molecular complexity index is 1180. The zero-order valence-corrected chi connectivity index (χ0v) is 18.8. The topological polar surface area (TPSA) is 98.8 Å². The van der Waals surface area contributed by atoms with Crippen LogP contribution in [0.4, 0.5) is 0 Å². The number of aliphatic hydroxyl groups is 1. The van der Waals surface area contributed by atoms with Crippen molar-refractivity contribution in [1.29, 1.82) is 0 Å². The number of aromatic amines is 1. The van der Waals surface area contributed by atoms with Crippen molar-refractivity contribution in [2.45, 2.75) is 25.9 Å². The number of likely N-dealkylation sites (tertiary alicyclic amines) is 1. The van der Waals surface area contributed by atoms with Gasteiger partial charge in [0.2, 0.25) is 0 Å². The molecular formula is C24H24ClN4O4+. The number of aryl methyl sites for hydroxylation is 1. The number of rotatable bonds is 8. The number of hydrogen-bond donors (Lipinski definition) is 1. The summed E-state index contributed by atoms with van der Waals surface area (Å²) in [6.45, 7) is 3.27. The highest BCUT2D eigenvalue weighted by Gasteiger charge is 2.46.